The first-order chi connectivity index (χ1) is 10.5. The highest BCUT2D eigenvalue weighted by molar-refractivity contribution is 9.10. The molecule has 2 aromatic rings. The van der Waals surface area contributed by atoms with Crippen molar-refractivity contribution in [3.63, 3.8) is 0 Å². The normalized spacial score (nSPS) is 11.7. The molecule has 0 spiro atoms. The number of hydrogen-bond acceptors (Lipinski definition) is 2. The fourth-order valence-electron chi connectivity index (χ4n) is 1.93. The Morgan fingerprint density at radius 2 is 1.86 bits per heavy atom. The zero-order valence-electron chi connectivity index (χ0n) is 11.4. The number of halogens is 2. The number of aliphatic carboxylic acids is 1. The minimum Gasteiger partial charge on any atom is -0.480 e. The molecule has 1 atom stereocenters. The first kappa shape index (κ1) is 16.2. The highest BCUT2D eigenvalue weighted by Crippen LogP contribution is 2.12. The largest absolute Gasteiger partial charge is 0.480 e. The smallest absolute Gasteiger partial charge is 0.326 e. The van der Waals surface area contributed by atoms with Crippen molar-refractivity contribution in [2.45, 2.75) is 12.5 Å². The van der Waals surface area contributed by atoms with E-state index in [0.29, 0.717) is 11.1 Å². The lowest BCUT2D eigenvalue weighted by atomic mass is 10.1. The van der Waals surface area contributed by atoms with E-state index in [1.807, 2.05) is 0 Å². The number of benzene rings is 2. The van der Waals surface area contributed by atoms with Crippen LogP contribution in [-0.2, 0) is 11.2 Å². The predicted molar refractivity (Wildman–Crippen MR) is 83.1 cm³/mol. The maximum Gasteiger partial charge on any atom is 0.326 e. The van der Waals surface area contributed by atoms with Gasteiger partial charge in [0, 0.05) is 16.5 Å². The Morgan fingerprint density at radius 1 is 1.18 bits per heavy atom. The molecule has 0 heterocycles. The van der Waals surface area contributed by atoms with E-state index in [0.717, 1.165) is 4.47 Å². The molecule has 0 bridgehead atoms. The number of carbonyl (C=O) groups is 2. The monoisotopic (exact) mass is 365 g/mol. The molecule has 1 amide bonds. The third-order valence-corrected chi connectivity index (χ3v) is 3.54. The molecule has 0 aliphatic heterocycles. The zero-order chi connectivity index (χ0) is 16.1. The van der Waals surface area contributed by atoms with Crippen molar-refractivity contribution in [2.24, 2.45) is 0 Å². The van der Waals surface area contributed by atoms with Crippen LogP contribution in [0.3, 0.4) is 0 Å². The molecule has 4 nitrogen and oxygen atoms in total. The van der Waals surface area contributed by atoms with Crippen molar-refractivity contribution in [3.8, 4) is 0 Å². The maximum absolute atomic E-state index is 12.9. The van der Waals surface area contributed by atoms with Crippen molar-refractivity contribution in [2.75, 3.05) is 0 Å². The second-order valence-electron chi connectivity index (χ2n) is 4.71. The number of carboxylic acid groups (broad SMARTS) is 1. The number of nitrogens with one attached hydrogen (secondary N) is 1. The molecular formula is C16H13BrFNO3. The van der Waals surface area contributed by atoms with Crippen LogP contribution in [0.15, 0.2) is 53.0 Å². The van der Waals surface area contributed by atoms with Gasteiger partial charge < -0.3 is 10.4 Å². The average Bonchev–Trinajstić information content (AvgIpc) is 2.48. The SMILES string of the molecule is O=C(N[C@H](Cc1ccc(F)cc1)C(=O)O)c1cccc(Br)c1. The highest BCUT2D eigenvalue weighted by atomic mass is 79.9. The lowest BCUT2D eigenvalue weighted by Crippen LogP contribution is -2.42. The van der Waals surface area contributed by atoms with Gasteiger partial charge >= 0.3 is 5.97 Å². The van der Waals surface area contributed by atoms with E-state index in [-0.39, 0.29) is 6.42 Å². The minimum atomic E-state index is -1.15. The summed E-state index contributed by atoms with van der Waals surface area (Å²) in [6, 6.07) is 11.1. The average molecular weight is 366 g/mol. The molecule has 2 rings (SSSR count). The van der Waals surface area contributed by atoms with E-state index in [4.69, 9.17) is 0 Å². The van der Waals surface area contributed by atoms with Gasteiger partial charge in [-0.25, -0.2) is 9.18 Å². The van der Waals surface area contributed by atoms with Gasteiger partial charge in [0.1, 0.15) is 11.9 Å². The predicted octanol–water partition coefficient (Wildman–Crippen LogP) is 3.01. The van der Waals surface area contributed by atoms with Crippen LogP contribution in [0.4, 0.5) is 4.39 Å². The first-order valence-electron chi connectivity index (χ1n) is 6.49. The van der Waals surface area contributed by atoms with Gasteiger partial charge in [0.25, 0.3) is 5.91 Å². The topological polar surface area (TPSA) is 66.4 Å². The second kappa shape index (κ2) is 7.17. The summed E-state index contributed by atoms with van der Waals surface area (Å²) < 4.78 is 13.6. The third kappa shape index (κ3) is 4.39. The molecule has 0 aliphatic carbocycles. The maximum atomic E-state index is 12.9. The van der Waals surface area contributed by atoms with Crippen LogP contribution >= 0.6 is 15.9 Å². The number of carboxylic acids is 1. The standard InChI is InChI=1S/C16H13BrFNO3/c17-12-3-1-2-11(9-12)15(20)19-14(16(21)22)8-10-4-6-13(18)7-5-10/h1-7,9,14H,8H2,(H,19,20)(H,21,22)/t14-/m1/s1. The summed E-state index contributed by atoms with van der Waals surface area (Å²) in [5.41, 5.74) is 0.989. The Morgan fingerprint density at radius 3 is 2.45 bits per heavy atom. The van der Waals surface area contributed by atoms with Gasteiger partial charge in [-0.3, -0.25) is 4.79 Å². The molecule has 0 fully saturated rings. The summed E-state index contributed by atoms with van der Waals surface area (Å²) in [5.74, 6) is -2.02. The van der Waals surface area contributed by atoms with Gasteiger partial charge in [0.15, 0.2) is 0 Å². The Labute approximate surface area is 135 Å². The van der Waals surface area contributed by atoms with E-state index in [1.165, 1.54) is 24.3 Å². The summed E-state index contributed by atoms with van der Waals surface area (Å²) in [4.78, 5) is 23.4. The molecule has 0 aromatic heterocycles. The lowest BCUT2D eigenvalue weighted by Gasteiger charge is -2.15. The molecule has 0 saturated carbocycles. The number of amides is 1. The Kier molecular flexibility index (Phi) is 5.27. The van der Waals surface area contributed by atoms with E-state index in [2.05, 4.69) is 21.2 Å². The molecular weight excluding hydrogens is 353 g/mol. The minimum absolute atomic E-state index is 0.0787. The van der Waals surface area contributed by atoms with Crippen LogP contribution in [0.5, 0.6) is 0 Å². The fraction of sp³-hybridized carbons (Fsp3) is 0.125. The summed E-state index contributed by atoms with van der Waals surface area (Å²) in [6.07, 6.45) is 0.0787. The Bertz CT molecular complexity index is 688. The zero-order valence-corrected chi connectivity index (χ0v) is 13.0. The van der Waals surface area contributed by atoms with Crippen molar-refractivity contribution in [3.05, 3.63) is 69.9 Å². The molecule has 2 aromatic carbocycles. The van der Waals surface area contributed by atoms with Crippen molar-refractivity contribution >= 4 is 27.8 Å². The molecule has 6 heteroatoms. The highest BCUT2D eigenvalue weighted by Gasteiger charge is 2.21. The van der Waals surface area contributed by atoms with Crippen LogP contribution in [-0.4, -0.2) is 23.0 Å². The van der Waals surface area contributed by atoms with Crippen LogP contribution in [0, 0.1) is 5.82 Å². The van der Waals surface area contributed by atoms with E-state index >= 15 is 0 Å². The van der Waals surface area contributed by atoms with Gasteiger partial charge in [0.05, 0.1) is 0 Å². The first-order valence-corrected chi connectivity index (χ1v) is 7.28. The number of hydrogen-bond donors (Lipinski definition) is 2. The van der Waals surface area contributed by atoms with E-state index in [1.54, 1.807) is 24.3 Å². The molecule has 0 unspecified atom stereocenters. The summed E-state index contributed by atoms with van der Waals surface area (Å²) >= 11 is 3.25. The van der Waals surface area contributed by atoms with Crippen LogP contribution in [0.2, 0.25) is 0 Å². The number of carbonyl (C=O) groups excluding carboxylic acids is 1. The van der Waals surface area contributed by atoms with Gasteiger partial charge in [-0.1, -0.05) is 34.1 Å². The van der Waals surface area contributed by atoms with Crippen molar-refractivity contribution < 1.29 is 19.1 Å². The number of rotatable bonds is 5. The van der Waals surface area contributed by atoms with Crippen LogP contribution in [0.1, 0.15) is 15.9 Å². The lowest BCUT2D eigenvalue weighted by molar-refractivity contribution is -0.139. The summed E-state index contributed by atoms with van der Waals surface area (Å²) in [5, 5.41) is 11.7. The van der Waals surface area contributed by atoms with Crippen molar-refractivity contribution in [1.82, 2.24) is 5.32 Å². The fourth-order valence-corrected chi connectivity index (χ4v) is 2.33. The molecule has 0 radical (unpaired) electrons. The third-order valence-electron chi connectivity index (χ3n) is 3.04. The van der Waals surface area contributed by atoms with E-state index < -0.39 is 23.7 Å². The van der Waals surface area contributed by atoms with Gasteiger partial charge in [-0.05, 0) is 35.9 Å². The quantitative estimate of drug-likeness (QED) is 0.855. The van der Waals surface area contributed by atoms with Crippen molar-refractivity contribution in [1.29, 1.82) is 0 Å². The molecule has 0 saturated heterocycles. The second-order valence-corrected chi connectivity index (χ2v) is 5.62. The molecule has 2 N–H and O–H groups in total. The van der Waals surface area contributed by atoms with Gasteiger partial charge in [-0.2, -0.15) is 0 Å². The van der Waals surface area contributed by atoms with Crippen LogP contribution < -0.4 is 5.32 Å². The summed E-state index contributed by atoms with van der Waals surface area (Å²) in [6.45, 7) is 0. The molecule has 22 heavy (non-hydrogen) atoms. The van der Waals surface area contributed by atoms with E-state index in [9.17, 15) is 19.1 Å². The summed E-state index contributed by atoms with van der Waals surface area (Å²) in [7, 11) is 0. The van der Waals surface area contributed by atoms with Crippen LogP contribution in [0.25, 0.3) is 0 Å². The van der Waals surface area contributed by atoms with Gasteiger partial charge in [0.2, 0.25) is 0 Å². The molecule has 114 valence electrons. The Hall–Kier alpha value is -2.21. The van der Waals surface area contributed by atoms with Gasteiger partial charge in [-0.15, -0.1) is 0 Å². The Balaban J connectivity index is 2.10. The molecule has 0 aliphatic rings.